The third-order valence-electron chi connectivity index (χ3n) is 6.53. The first-order chi connectivity index (χ1) is 15.7. The van der Waals surface area contributed by atoms with Crippen LogP contribution in [-0.4, -0.2) is 50.6 Å². The van der Waals surface area contributed by atoms with E-state index < -0.39 is 21.1 Å². The molecule has 1 aliphatic heterocycles. The second-order valence-electron chi connectivity index (χ2n) is 8.62. The molecule has 0 radical (unpaired) electrons. The lowest BCUT2D eigenvalue weighted by atomic mass is 10.1. The number of benzene rings is 2. The van der Waals surface area contributed by atoms with E-state index in [0.29, 0.717) is 36.4 Å². The fourth-order valence-electron chi connectivity index (χ4n) is 4.59. The van der Waals surface area contributed by atoms with Gasteiger partial charge in [-0.3, -0.25) is 4.79 Å². The van der Waals surface area contributed by atoms with Crippen LogP contribution >= 0.6 is 0 Å². The predicted octanol–water partition coefficient (Wildman–Crippen LogP) is 3.75. The average Bonchev–Trinajstić information content (AvgIpc) is 2.79. The highest BCUT2D eigenvalue weighted by molar-refractivity contribution is 7.91. The number of rotatable bonds is 5. The van der Waals surface area contributed by atoms with E-state index >= 15 is 4.39 Å². The minimum Gasteiger partial charge on any atom is -0.367 e. The molecule has 0 atom stereocenters. The summed E-state index contributed by atoms with van der Waals surface area (Å²) < 4.78 is 43.8. The van der Waals surface area contributed by atoms with Gasteiger partial charge in [-0.1, -0.05) is 24.6 Å². The number of likely N-dealkylation sites (N-methyl/N-ethyl adjacent to an activating group) is 1. The van der Waals surface area contributed by atoms with Crippen LogP contribution < -0.4 is 10.3 Å². The third kappa shape index (κ3) is 4.17. The maximum absolute atomic E-state index is 15.2. The first-order valence-corrected chi connectivity index (χ1v) is 12.8. The Bertz CT molecular complexity index is 1370. The summed E-state index contributed by atoms with van der Waals surface area (Å²) in [6.07, 6.45) is 1.40. The molecule has 0 N–H and O–H groups in total. The van der Waals surface area contributed by atoms with Crippen molar-refractivity contribution in [2.45, 2.75) is 44.0 Å². The van der Waals surface area contributed by atoms with Crippen LogP contribution in [0.3, 0.4) is 0 Å². The van der Waals surface area contributed by atoms with E-state index in [-0.39, 0.29) is 15.2 Å². The lowest BCUT2D eigenvalue weighted by molar-refractivity contribution is 0.270. The van der Waals surface area contributed by atoms with Gasteiger partial charge in [0, 0.05) is 38.9 Å². The lowest BCUT2D eigenvalue weighted by Gasteiger charge is -2.35. The molecule has 3 aromatic rings. The van der Waals surface area contributed by atoms with Gasteiger partial charge in [-0.2, -0.15) is 0 Å². The van der Waals surface area contributed by atoms with Crippen LogP contribution in [0.1, 0.15) is 25.0 Å². The SMILES string of the molecule is CCN1CCN(c2cc3c(cc2F)c(=O)c(S(=O)(=O)c2ccc(C)cc2C)cn3CC)CC1. The van der Waals surface area contributed by atoms with Crippen molar-refractivity contribution in [1.29, 1.82) is 0 Å². The molecule has 1 saturated heterocycles. The van der Waals surface area contributed by atoms with Gasteiger partial charge in [-0.15, -0.1) is 0 Å². The second kappa shape index (κ2) is 8.91. The Balaban J connectivity index is 1.87. The van der Waals surface area contributed by atoms with Gasteiger partial charge in [0.25, 0.3) is 0 Å². The molecule has 0 spiro atoms. The molecule has 0 aliphatic carbocycles. The average molecular weight is 472 g/mol. The maximum atomic E-state index is 15.2. The van der Waals surface area contributed by atoms with E-state index in [4.69, 9.17) is 0 Å². The van der Waals surface area contributed by atoms with E-state index in [9.17, 15) is 13.2 Å². The summed E-state index contributed by atoms with van der Waals surface area (Å²) in [6.45, 7) is 12.1. The highest BCUT2D eigenvalue weighted by atomic mass is 32.2. The Hall–Kier alpha value is -2.71. The molecule has 33 heavy (non-hydrogen) atoms. The molecule has 2 aromatic carbocycles. The molecule has 4 rings (SSSR count). The van der Waals surface area contributed by atoms with E-state index in [1.54, 1.807) is 29.7 Å². The third-order valence-corrected chi connectivity index (χ3v) is 8.43. The summed E-state index contributed by atoms with van der Waals surface area (Å²) >= 11 is 0. The zero-order valence-electron chi connectivity index (χ0n) is 19.6. The minimum atomic E-state index is -4.07. The molecule has 0 saturated carbocycles. The van der Waals surface area contributed by atoms with Gasteiger partial charge in [0.2, 0.25) is 15.3 Å². The number of hydrogen-bond acceptors (Lipinski definition) is 5. The summed E-state index contributed by atoms with van der Waals surface area (Å²) in [5.41, 5.74) is 1.83. The zero-order valence-corrected chi connectivity index (χ0v) is 20.4. The second-order valence-corrected chi connectivity index (χ2v) is 10.5. The molecule has 1 aromatic heterocycles. The summed E-state index contributed by atoms with van der Waals surface area (Å²) in [5.74, 6) is -0.506. The minimum absolute atomic E-state index is 0.0798. The Labute approximate surface area is 194 Å². The highest BCUT2D eigenvalue weighted by Crippen LogP contribution is 2.29. The van der Waals surface area contributed by atoms with Crippen LogP contribution in [0.5, 0.6) is 0 Å². The number of sulfone groups is 1. The molecular weight excluding hydrogens is 441 g/mol. The van der Waals surface area contributed by atoms with Gasteiger partial charge in [0.05, 0.1) is 21.5 Å². The Morgan fingerprint density at radius 1 is 0.939 bits per heavy atom. The number of aromatic nitrogens is 1. The first kappa shape index (κ1) is 23.4. The van der Waals surface area contributed by atoms with Crippen molar-refractivity contribution in [3.05, 3.63) is 63.7 Å². The number of pyridine rings is 1. The zero-order chi connectivity index (χ0) is 23.9. The molecule has 0 amide bonds. The summed E-state index contributed by atoms with van der Waals surface area (Å²) in [5, 5.41) is 0.0798. The molecule has 1 fully saturated rings. The monoisotopic (exact) mass is 471 g/mol. The van der Waals surface area contributed by atoms with Crippen molar-refractivity contribution in [1.82, 2.24) is 9.47 Å². The smallest absolute Gasteiger partial charge is 0.212 e. The maximum Gasteiger partial charge on any atom is 0.212 e. The predicted molar refractivity (Wildman–Crippen MR) is 130 cm³/mol. The number of halogens is 1. The molecule has 1 aliphatic rings. The number of piperazine rings is 1. The fourth-order valence-corrected chi connectivity index (χ4v) is 6.18. The molecule has 176 valence electrons. The van der Waals surface area contributed by atoms with Crippen LogP contribution in [0.15, 0.2) is 51.1 Å². The van der Waals surface area contributed by atoms with Crippen molar-refractivity contribution in [3.63, 3.8) is 0 Å². The molecule has 6 nitrogen and oxygen atoms in total. The van der Waals surface area contributed by atoms with Gasteiger partial charge < -0.3 is 14.4 Å². The normalized spacial score (nSPS) is 15.4. The number of anilines is 1. The highest BCUT2D eigenvalue weighted by Gasteiger charge is 2.27. The van der Waals surface area contributed by atoms with Crippen LogP contribution in [0, 0.1) is 19.7 Å². The van der Waals surface area contributed by atoms with Gasteiger partial charge in [-0.05, 0) is 51.1 Å². The van der Waals surface area contributed by atoms with Crippen LogP contribution in [0.4, 0.5) is 10.1 Å². The Morgan fingerprint density at radius 3 is 2.24 bits per heavy atom. The molecule has 0 bridgehead atoms. The van der Waals surface area contributed by atoms with Gasteiger partial charge in [0.15, 0.2) is 0 Å². The standard InChI is InChI=1S/C25H30FN3O3S/c1-5-27-9-11-29(12-10-27)22-15-21-19(14-20(22)26)25(30)24(16-28(21)6-2)33(31,32)23-8-7-17(3)13-18(23)4/h7-8,13-16H,5-6,9-12H2,1-4H3. The molecule has 8 heteroatoms. The van der Waals surface area contributed by atoms with E-state index in [0.717, 1.165) is 25.2 Å². The van der Waals surface area contributed by atoms with Gasteiger partial charge >= 0.3 is 0 Å². The van der Waals surface area contributed by atoms with Crippen molar-refractivity contribution < 1.29 is 12.8 Å². The number of hydrogen-bond donors (Lipinski definition) is 0. The Kier molecular flexibility index (Phi) is 6.33. The summed E-state index contributed by atoms with van der Waals surface area (Å²) in [4.78, 5) is 17.4. The number of fused-ring (bicyclic) bond motifs is 1. The largest absolute Gasteiger partial charge is 0.367 e. The van der Waals surface area contributed by atoms with Crippen molar-refractivity contribution in [3.8, 4) is 0 Å². The Morgan fingerprint density at radius 2 is 1.64 bits per heavy atom. The first-order valence-electron chi connectivity index (χ1n) is 11.3. The van der Waals surface area contributed by atoms with Crippen molar-refractivity contribution in [2.75, 3.05) is 37.6 Å². The van der Waals surface area contributed by atoms with E-state index in [1.807, 2.05) is 18.7 Å². The molecule has 0 unspecified atom stereocenters. The topological polar surface area (TPSA) is 62.6 Å². The molecular formula is C25H30FN3O3S. The van der Waals surface area contributed by atoms with Crippen LogP contribution in [0.25, 0.3) is 10.9 Å². The van der Waals surface area contributed by atoms with Gasteiger partial charge in [0.1, 0.15) is 10.7 Å². The lowest BCUT2D eigenvalue weighted by Crippen LogP contribution is -2.46. The number of aryl methyl sites for hydroxylation is 3. The van der Waals surface area contributed by atoms with Crippen LogP contribution in [0.2, 0.25) is 0 Å². The fraction of sp³-hybridized carbons (Fsp3) is 0.400. The van der Waals surface area contributed by atoms with Gasteiger partial charge in [-0.25, -0.2) is 12.8 Å². The number of nitrogens with zero attached hydrogens (tertiary/aromatic N) is 3. The molecule has 2 heterocycles. The van der Waals surface area contributed by atoms with E-state index in [2.05, 4.69) is 11.8 Å². The van der Waals surface area contributed by atoms with Crippen LogP contribution in [-0.2, 0) is 16.4 Å². The van der Waals surface area contributed by atoms with Crippen molar-refractivity contribution >= 4 is 26.4 Å². The summed E-state index contributed by atoms with van der Waals surface area (Å²) in [7, 11) is -4.07. The van der Waals surface area contributed by atoms with E-state index in [1.165, 1.54) is 18.3 Å². The summed E-state index contributed by atoms with van der Waals surface area (Å²) in [6, 6.07) is 7.90. The quantitative estimate of drug-likeness (QED) is 0.567. The van der Waals surface area contributed by atoms with Crippen molar-refractivity contribution in [2.24, 2.45) is 0 Å².